The molecule has 1 aliphatic rings. The highest BCUT2D eigenvalue weighted by Gasteiger charge is 2.30. The predicted octanol–water partition coefficient (Wildman–Crippen LogP) is 5.57. The summed E-state index contributed by atoms with van der Waals surface area (Å²) in [6.45, 7) is 2.05. The molecule has 0 saturated carbocycles. The Morgan fingerprint density at radius 2 is 1.67 bits per heavy atom. The van der Waals surface area contributed by atoms with Crippen LogP contribution >= 0.6 is 0 Å². The molecule has 0 spiro atoms. The van der Waals surface area contributed by atoms with Gasteiger partial charge < -0.3 is 4.42 Å². The Morgan fingerprint density at radius 1 is 0.926 bits per heavy atom. The van der Waals surface area contributed by atoms with E-state index in [1.807, 2.05) is 36.4 Å². The van der Waals surface area contributed by atoms with Gasteiger partial charge in [0.2, 0.25) is 0 Å². The molecule has 1 atom stereocenters. The van der Waals surface area contributed by atoms with E-state index in [1.54, 1.807) is 6.26 Å². The van der Waals surface area contributed by atoms with E-state index < -0.39 is 0 Å². The van der Waals surface area contributed by atoms with E-state index in [1.165, 1.54) is 5.56 Å². The van der Waals surface area contributed by atoms with Crippen molar-refractivity contribution >= 4 is 11.5 Å². The standard InChI is InChI=1S/C23H19N3O/c1-16-22(18-11-6-3-7-12-18)23-24-19(21-13-8-14-27-21)15-20(26(23)25-16)17-9-4-2-5-10-17/h2-14,20H,15H2,1H3. The molecular weight excluding hydrogens is 334 g/mol. The molecule has 5 rings (SSSR count). The molecule has 1 aliphatic heterocycles. The number of aliphatic imine (C=N–C) groups is 1. The van der Waals surface area contributed by atoms with Gasteiger partial charge in [0.15, 0.2) is 5.82 Å². The van der Waals surface area contributed by atoms with Crippen molar-refractivity contribution in [2.24, 2.45) is 4.99 Å². The minimum atomic E-state index is 0.0926. The Balaban J connectivity index is 1.74. The van der Waals surface area contributed by atoms with Crippen molar-refractivity contribution in [1.29, 1.82) is 0 Å². The van der Waals surface area contributed by atoms with Crippen LogP contribution < -0.4 is 0 Å². The molecule has 0 radical (unpaired) electrons. The van der Waals surface area contributed by atoms with Gasteiger partial charge in [-0.3, -0.25) is 0 Å². The summed E-state index contributed by atoms with van der Waals surface area (Å²) in [6, 6.07) is 24.8. The van der Waals surface area contributed by atoms with Crippen molar-refractivity contribution in [2.75, 3.05) is 0 Å². The fourth-order valence-electron chi connectivity index (χ4n) is 3.78. The van der Waals surface area contributed by atoms with Crippen LogP contribution in [-0.4, -0.2) is 15.5 Å². The first-order valence-electron chi connectivity index (χ1n) is 9.12. The highest BCUT2D eigenvalue weighted by molar-refractivity contribution is 6.02. The van der Waals surface area contributed by atoms with Gasteiger partial charge in [-0.2, -0.15) is 5.10 Å². The minimum absolute atomic E-state index is 0.0926. The van der Waals surface area contributed by atoms with Gasteiger partial charge >= 0.3 is 0 Å². The highest BCUT2D eigenvalue weighted by atomic mass is 16.3. The second-order valence-electron chi connectivity index (χ2n) is 6.76. The Kier molecular flexibility index (Phi) is 3.75. The summed E-state index contributed by atoms with van der Waals surface area (Å²) >= 11 is 0. The second-order valence-corrected chi connectivity index (χ2v) is 6.76. The summed E-state index contributed by atoms with van der Waals surface area (Å²) < 4.78 is 7.73. The zero-order valence-electron chi connectivity index (χ0n) is 15.0. The maximum Gasteiger partial charge on any atom is 0.159 e. The van der Waals surface area contributed by atoms with Crippen molar-refractivity contribution in [3.63, 3.8) is 0 Å². The van der Waals surface area contributed by atoms with Crippen LogP contribution in [0.4, 0.5) is 5.82 Å². The number of aryl methyl sites for hydroxylation is 1. The van der Waals surface area contributed by atoms with Crippen molar-refractivity contribution in [2.45, 2.75) is 19.4 Å². The van der Waals surface area contributed by atoms with Gasteiger partial charge in [-0.15, -0.1) is 0 Å². The first kappa shape index (κ1) is 15.8. The molecule has 2 aromatic heterocycles. The molecule has 0 N–H and O–H groups in total. The topological polar surface area (TPSA) is 43.3 Å². The Morgan fingerprint density at radius 3 is 2.37 bits per heavy atom. The Labute approximate surface area is 157 Å². The lowest BCUT2D eigenvalue weighted by atomic mass is 9.97. The molecular formula is C23H19N3O. The molecule has 27 heavy (non-hydrogen) atoms. The van der Waals surface area contributed by atoms with Crippen LogP contribution in [0, 0.1) is 6.92 Å². The van der Waals surface area contributed by atoms with E-state index in [-0.39, 0.29) is 6.04 Å². The van der Waals surface area contributed by atoms with Crippen molar-refractivity contribution in [3.8, 4) is 11.1 Å². The van der Waals surface area contributed by atoms with E-state index in [0.29, 0.717) is 0 Å². The molecule has 0 fully saturated rings. The summed E-state index contributed by atoms with van der Waals surface area (Å²) in [7, 11) is 0. The predicted molar refractivity (Wildman–Crippen MR) is 107 cm³/mol. The number of nitrogens with zero attached hydrogens (tertiary/aromatic N) is 3. The van der Waals surface area contributed by atoms with Gasteiger partial charge in [-0.05, 0) is 30.2 Å². The molecule has 2 aromatic carbocycles. The Bertz CT molecular complexity index is 1090. The van der Waals surface area contributed by atoms with Crippen LogP contribution in [0.25, 0.3) is 11.1 Å². The third kappa shape index (κ3) is 2.70. The smallest absolute Gasteiger partial charge is 0.159 e. The first-order valence-corrected chi connectivity index (χ1v) is 9.12. The average Bonchev–Trinajstić information content (AvgIpc) is 3.36. The van der Waals surface area contributed by atoms with Gasteiger partial charge in [0.1, 0.15) is 5.76 Å². The largest absolute Gasteiger partial charge is 0.463 e. The van der Waals surface area contributed by atoms with E-state index in [2.05, 4.69) is 48.0 Å². The normalized spacial score (nSPS) is 16.0. The lowest BCUT2D eigenvalue weighted by Gasteiger charge is -2.24. The van der Waals surface area contributed by atoms with Crippen LogP contribution in [-0.2, 0) is 0 Å². The van der Waals surface area contributed by atoms with Crippen LogP contribution in [0.1, 0.15) is 29.5 Å². The number of hydrogen-bond acceptors (Lipinski definition) is 3. The van der Waals surface area contributed by atoms with E-state index >= 15 is 0 Å². The number of rotatable bonds is 3. The quantitative estimate of drug-likeness (QED) is 0.483. The average molecular weight is 353 g/mol. The number of furan rings is 1. The highest BCUT2D eigenvalue weighted by Crippen LogP contribution is 2.41. The summed E-state index contributed by atoms with van der Waals surface area (Å²) in [4.78, 5) is 4.98. The zero-order valence-corrected chi connectivity index (χ0v) is 15.0. The molecule has 4 heteroatoms. The molecule has 3 heterocycles. The van der Waals surface area contributed by atoms with Crippen molar-refractivity contribution in [1.82, 2.24) is 9.78 Å². The van der Waals surface area contributed by atoms with Crippen LogP contribution in [0.3, 0.4) is 0 Å². The molecule has 4 aromatic rings. The fraction of sp³-hybridized carbons (Fsp3) is 0.130. The van der Waals surface area contributed by atoms with Crippen LogP contribution in [0.15, 0.2) is 88.5 Å². The van der Waals surface area contributed by atoms with Crippen molar-refractivity contribution in [3.05, 3.63) is 96.1 Å². The summed E-state index contributed by atoms with van der Waals surface area (Å²) in [5.74, 6) is 1.71. The van der Waals surface area contributed by atoms with Gasteiger partial charge in [-0.25, -0.2) is 9.67 Å². The molecule has 1 unspecified atom stereocenters. The number of fused-ring (bicyclic) bond motifs is 1. The molecule has 0 amide bonds. The third-order valence-electron chi connectivity index (χ3n) is 5.04. The first-order chi connectivity index (χ1) is 13.3. The summed E-state index contributed by atoms with van der Waals surface area (Å²) in [5, 5.41) is 4.88. The molecule has 0 bridgehead atoms. The molecule has 0 aliphatic carbocycles. The second kappa shape index (κ2) is 6.40. The number of benzene rings is 2. The summed E-state index contributed by atoms with van der Waals surface area (Å²) in [6.07, 6.45) is 2.45. The lowest BCUT2D eigenvalue weighted by Crippen LogP contribution is -2.21. The third-order valence-corrected chi connectivity index (χ3v) is 5.04. The SMILES string of the molecule is Cc1nn2c(c1-c1ccccc1)N=C(c1ccco1)CC2c1ccccc1. The van der Waals surface area contributed by atoms with E-state index in [4.69, 9.17) is 14.5 Å². The molecule has 132 valence electrons. The van der Waals surface area contributed by atoms with Gasteiger partial charge in [0.25, 0.3) is 0 Å². The van der Waals surface area contributed by atoms with E-state index in [9.17, 15) is 0 Å². The lowest BCUT2D eigenvalue weighted by molar-refractivity contribution is 0.513. The van der Waals surface area contributed by atoms with Crippen LogP contribution in [0.2, 0.25) is 0 Å². The fourth-order valence-corrected chi connectivity index (χ4v) is 3.78. The molecule has 0 saturated heterocycles. The molecule has 4 nitrogen and oxygen atoms in total. The van der Waals surface area contributed by atoms with E-state index in [0.717, 1.165) is 40.5 Å². The Hall–Kier alpha value is -3.40. The van der Waals surface area contributed by atoms with Gasteiger partial charge in [0.05, 0.1) is 23.7 Å². The maximum atomic E-state index is 5.66. The zero-order chi connectivity index (χ0) is 18.2. The van der Waals surface area contributed by atoms with Crippen LogP contribution in [0.5, 0.6) is 0 Å². The summed E-state index contributed by atoms with van der Waals surface area (Å²) in [5.41, 5.74) is 5.38. The van der Waals surface area contributed by atoms with Crippen molar-refractivity contribution < 1.29 is 4.42 Å². The maximum absolute atomic E-state index is 5.66. The minimum Gasteiger partial charge on any atom is -0.463 e. The van der Waals surface area contributed by atoms with Gasteiger partial charge in [-0.1, -0.05) is 60.7 Å². The number of aromatic nitrogens is 2. The monoisotopic (exact) mass is 353 g/mol. The van der Waals surface area contributed by atoms with Gasteiger partial charge in [0, 0.05) is 12.0 Å². The number of hydrogen-bond donors (Lipinski definition) is 0.